The van der Waals surface area contributed by atoms with Crippen molar-refractivity contribution in [3.05, 3.63) is 65.2 Å². The highest BCUT2D eigenvalue weighted by molar-refractivity contribution is 5.93. The highest BCUT2D eigenvalue weighted by atomic mass is 16.5. The third kappa shape index (κ3) is 6.66. The summed E-state index contributed by atoms with van der Waals surface area (Å²) in [5, 5.41) is 9.22. The van der Waals surface area contributed by atoms with Crippen molar-refractivity contribution in [2.24, 2.45) is 4.99 Å². The van der Waals surface area contributed by atoms with Crippen molar-refractivity contribution in [3.8, 4) is 5.75 Å². The van der Waals surface area contributed by atoms with E-state index in [9.17, 15) is 4.79 Å². The molecular formula is C21H28N4O2. The van der Waals surface area contributed by atoms with Gasteiger partial charge < -0.3 is 20.7 Å². The molecule has 0 aliphatic heterocycles. The molecule has 2 aromatic carbocycles. The Kier molecular flexibility index (Phi) is 8.16. The van der Waals surface area contributed by atoms with Crippen LogP contribution in [0.25, 0.3) is 0 Å². The lowest BCUT2D eigenvalue weighted by Crippen LogP contribution is -2.38. The van der Waals surface area contributed by atoms with Crippen LogP contribution in [-0.2, 0) is 13.0 Å². The van der Waals surface area contributed by atoms with Crippen molar-refractivity contribution in [2.75, 3.05) is 27.2 Å². The minimum atomic E-state index is -0.0846. The Balaban J connectivity index is 1.88. The first-order chi connectivity index (χ1) is 13.2. The summed E-state index contributed by atoms with van der Waals surface area (Å²) in [5.41, 5.74) is 2.94. The molecule has 6 heteroatoms. The first kappa shape index (κ1) is 20.3. The van der Waals surface area contributed by atoms with E-state index >= 15 is 0 Å². The van der Waals surface area contributed by atoms with Crippen molar-refractivity contribution in [1.82, 2.24) is 16.0 Å². The van der Waals surface area contributed by atoms with Gasteiger partial charge in [-0.05, 0) is 48.7 Å². The second kappa shape index (κ2) is 10.9. The second-order valence-electron chi connectivity index (χ2n) is 6.00. The summed E-state index contributed by atoms with van der Waals surface area (Å²) in [6.07, 6.45) is 0.898. The molecule has 6 nitrogen and oxygen atoms in total. The maximum Gasteiger partial charge on any atom is 0.251 e. The Bertz CT molecular complexity index is 740. The summed E-state index contributed by atoms with van der Waals surface area (Å²) < 4.78 is 5.18. The van der Waals surface area contributed by atoms with Crippen molar-refractivity contribution in [3.63, 3.8) is 0 Å². The summed E-state index contributed by atoms with van der Waals surface area (Å²) in [6.45, 7) is 4.17. The van der Waals surface area contributed by atoms with Gasteiger partial charge in [0.1, 0.15) is 5.75 Å². The number of benzene rings is 2. The van der Waals surface area contributed by atoms with E-state index in [1.807, 2.05) is 43.3 Å². The minimum Gasteiger partial charge on any atom is -0.497 e. The molecule has 0 saturated carbocycles. The molecule has 0 radical (unpaired) electrons. The smallest absolute Gasteiger partial charge is 0.251 e. The Hall–Kier alpha value is -3.02. The van der Waals surface area contributed by atoms with Crippen molar-refractivity contribution in [2.45, 2.75) is 19.9 Å². The summed E-state index contributed by atoms with van der Waals surface area (Å²) in [6, 6.07) is 15.6. The zero-order chi connectivity index (χ0) is 19.5. The molecule has 0 fully saturated rings. The summed E-state index contributed by atoms with van der Waals surface area (Å²) in [7, 11) is 3.29. The number of rotatable bonds is 8. The van der Waals surface area contributed by atoms with Gasteiger partial charge in [0.05, 0.1) is 13.7 Å². The van der Waals surface area contributed by atoms with Crippen LogP contribution < -0.4 is 20.7 Å². The molecule has 0 aromatic heterocycles. The molecule has 0 heterocycles. The Morgan fingerprint density at radius 1 is 1.00 bits per heavy atom. The van der Waals surface area contributed by atoms with Gasteiger partial charge in [0.25, 0.3) is 5.91 Å². The number of aliphatic imine (C=N–C) groups is 1. The van der Waals surface area contributed by atoms with E-state index in [4.69, 9.17) is 4.74 Å². The Morgan fingerprint density at radius 3 is 2.26 bits per heavy atom. The fraction of sp³-hybridized carbons (Fsp3) is 0.333. The number of hydrogen-bond donors (Lipinski definition) is 3. The number of carbonyl (C=O) groups excluding carboxylic acids is 1. The van der Waals surface area contributed by atoms with Crippen LogP contribution in [0.4, 0.5) is 0 Å². The maximum absolute atomic E-state index is 11.6. The molecule has 144 valence electrons. The van der Waals surface area contributed by atoms with Gasteiger partial charge in [-0.15, -0.1) is 0 Å². The van der Waals surface area contributed by atoms with Crippen LogP contribution in [0.3, 0.4) is 0 Å². The highest BCUT2D eigenvalue weighted by Gasteiger charge is 2.03. The van der Waals surface area contributed by atoms with Crippen LogP contribution >= 0.6 is 0 Å². The lowest BCUT2D eigenvalue weighted by Gasteiger charge is -2.11. The molecule has 2 rings (SSSR count). The van der Waals surface area contributed by atoms with Crippen LogP contribution in [0.2, 0.25) is 0 Å². The normalized spacial score (nSPS) is 11.0. The summed E-state index contributed by atoms with van der Waals surface area (Å²) in [5.74, 6) is 1.56. The third-order valence-electron chi connectivity index (χ3n) is 4.07. The fourth-order valence-corrected chi connectivity index (χ4v) is 2.54. The number of hydrogen-bond acceptors (Lipinski definition) is 3. The molecule has 3 N–H and O–H groups in total. The molecule has 0 aliphatic rings. The number of carbonyl (C=O) groups is 1. The zero-order valence-corrected chi connectivity index (χ0v) is 16.2. The molecule has 27 heavy (non-hydrogen) atoms. The lowest BCUT2D eigenvalue weighted by atomic mass is 10.1. The number of amides is 1. The van der Waals surface area contributed by atoms with Gasteiger partial charge in [-0.1, -0.05) is 24.3 Å². The largest absolute Gasteiger partial charge is 0.497 e. The van der Waals surface area contributed by atoms with Crippen molar-refractivity contribution < 1.29 is 9.53 Å². The number of nitrogens with one attached hydrogen (secondary N) is 3. The van der Waals surface area contributed by atoms with Crippen molar-refractivity contribution >= 4 is 11.9 Å². The molecule has 0 spiro atoms. The number of ether oxygens (including phenoxy) is 1. The number of methoxy groups -OCH3 is 1. The van der Waals surface area contributed by atoms with E-state index in [1.165, 1.54) is 5.56 Å². The predicted octanol–water partition coefficient (Wildman–Crippen LogP) is 2.35. The molecule has 1 amide bonds. The van der Waals surface area contributed by atoms with E-state index in [1.54, 1.807) is 14.2 Å². The molecule has 0 bridgehead atoms. The summed E-state index contributed by atoms with van der Waals surface area (Å²) >= 11 is 0. The van der Waals surface area contributed by atoms with Gasteiger partial charge in [-0.2, -0.15) is 0 Å². The first-order valence-corrected chi connectivity index (χ1v) is 9.12. The topological polar surface area (TPSA) is 74.8 Å². The zero-order valence-electron chi connectivity index (χ0n) is 16.2. The first-order valence-electron chi connectivity index (χ1n) is 9.12. The molecule has 2 aromatic rings. The SMILES string of the molecule is CCNC(=NCc1ccc(C(=O)NC)cc1)NCCc1ccc(OC)cc1. The van der Waals surface area contributed by atoms with E-state index < -0.39 is 0 Å². The van der Waals surface area contributed by atoms with Crippen molar-refractivity contribution in [1.29, 1.82) is 0 Å². The van der Waals surface area contributed by atoms with Gasteiger partial charge in [0, 0.05) is 25.7 Å². The van der Waals surface area contributed by atoms with Gasteiger partial charge in [0.15, 0.2) is 5.96 Å². The van der Waals surface area contributed by atoms with Crippen LogP contribution in [0, 0.1) is 0 Å². The lowest BCUT2D eigenvalue weighted by molar-refractivity contribution is 0.0963. The second-order valence-corrected chi connectivity index (χ2v) is 6.00. The van der Waals surface area contributed by atoms with E-state index in [2.05, 4.69) is 33.1 Å². The monoisotopic (exact) mass is 368 g/mol. The van der Waals surface area contributed by atoms with E-state index in [0.717, 1.165) is 36.8 Å². The number of nitrogens with zero attached hydrogens (tertiary/aromatic N) is 1. The van der Waals surface area contributed by atoms with Crippen LogP contribution in [0.5, 0.6) is 5.75 Å². The maximum atomic E-state index is 11.6. The van der Waals surface area contributed by atoms with Gasteiger partial charge >= 0.3 is 0 Å². The Morgan fingerprint density at radius 2 is 1.67 bits per heavy atom. The van der Waals surface area contributed by atoms with Crippen LogP contribution in [0.1, 0.15) is 28.4 Å². The Labute approximate surface area is 161 Å². The molecular weight excluding hydrogens is 340 g/mol. The fourth-order valence-electron chi connectivity index (χ4n) is 2.54. The van der Waals surface area contributed by atoms with E-state index in [-0.39, 0.29) is 5.91 Å². The van der Waals surface area contributed by atoms with E-state index in [0.29, 0.717) is 12.1 Å². The average Bonchev–Trinajstić information content (AvgIpc) is 2.72. The quantitative estimate of drug-likeness (QED) is 0.494. The highest BCUT2D eigenvalue weighted by Crippen LogP contribution is 2.11. The molecule has 0 saturated heterocycles. The van der Waals surface area contributed by atoms with Gasteiger partial charge in [-0.3, -0.25) is 4.79 Å². The predicted molar refractivity (Wildman–Crippen MR) is 109 cm³/mol. The third-order valence-corrected chi connectivity index (χ3v) is 4.07. The van der Waals surface area contributed by atoms with Crippen LogP contribution in [-0.4, -0.2) is 39.1 Å². The molecule has 0 atom stereocenters. The van der Waals surface area contributed by atoms with Gasteiger partial charge in [0.2, 0.25) is 0 Å². The minimum absolute atomic E-state index is 0.0846. The standard InChI is InChI=1S/C21H28N4O2/c1-4-23-21(24-14-13-16-7-11-19(27-3)12-8-16)25-15-17-5-9-18(10-6-17)20(26)22-2/h5-12H,4,13-15H2,1-3H3,(H,22,26)(H2,23,24,25). The van der Waals surface area contributed by atoms with Gasteiger partial charge in [-0.25, -0.2) is 4.99 Å². The molecule has 0 aliphatic carbocycles. The summed E-state index contributed by atoms with van der Waals surface area (Å²) in [4.78, 5) is 16.2. The van der Waals surface area contributed by atoms with Crippen LogP contribution in [0.15, 0.2) is 53.5 Å². The number of guanidine groups is 1. The average molecular weight is 368 g/mol. The molecule has 0 unspecified atom stereocenters.